The highest BCUT2D eigenvalue weighted by molar-refractivity contribution is 7.92. The third-order valence-corrected chi connectivity index (χ3v) is 7.42. The third-order valence-electron chi connectivity index (χ3n) is 4.93. The van der Waals surface area contributed by atoms with Crippen LogP contribution in [0.4, 0.5) is 5.69 Å². The smallest absolute Gasteiger partial charge is 0.338 e. The summed E-state index contributed by atoms with van der Waals surface area (Å²) in [5.74, 6) is -0.932. The number of thiazole rings is 1. The molecule has 0 aliphatic rings. The van der Waals surface area contributed by atoms with E-state index in [-0.39, 0.29) is 22.8 Å². The Morgan fingerprint density at radius 1 is 1.00 bits per heavy atom. The molecule has 0 radical (unpaired) electrons. The molecule has 0 unspecified atom stereocenters. The van der Waals surface area contributed by atoms with Gasteiger partial charge in [-0.1, -0.05) is 35.6 Å². The molecule has 1 amide bonds. The van der Waals surface area contributed by atoms with E-state index in [1.165, 1.54) is 29.5 Å². The lowest BCUT2D eigenvalue weighted by molar-refractivity contribution is 0.0526. The molecule has 34 heavy (non-hydrogen) atoms. The summed E-state index contributed by atoms with van der Waals surface area (Å²) < 4.78 is 35.2. The highest BCUT2D eigenvalue weighted by Crippen LogP contribution is 2.20. The van der Waals surface area contributed by atoms with Crippen molar-refractivity contribution in [2.75, 3.05) is 11.3 Å². The van der Waals surface area contributed by atoms with Crippen LogP contribution in [0.25, 0.3) is 10.2 Å². The quantitative estimate of drug-likeness (QED) is 0.408. The minimum Gasteiger partial charge on any atom is -0.462 e. The Kier molecular flexibility index (Phi) is 6.62. The van der Waals surface area contributed by atoms with Crippen LogP contribution in [0.1, 0.15) is 27.6 Å². The summed E-state index contributed by atoms with van der Waals surface area (Å²) in [5, 5.41) is 0. The Bertz CT molecular complexity index is 1550. The first-order chi connectivity index (χ1) is 16.3. The van der Waals surface area contributed by atoms with Crippen molar-refractivity contribution in [3.63, 3.8) is 0 Å². The molecule has 0 bridgehead atoms. The second-order valence-electron chi connectivity index (χ2n) is 7.26. The van der Waals surface area contributed by atoms with Gasteiger partial charge in [-0.2, -0.15) is 4.99 Å². The number of esters is 1. The van der Waals surface area contributed by atoms with Crippen LogP contribution in [0.2, 0.25) is 0 Å². The Morgan fingerprint density at radius 2 is 1.76 bits per heavy atom. The van der Waals surface area contributed by atoms with E-state index in [4.69, 9.17) is 4.74 Å². The number of carbonyl (C=O) groups is 2. The average Bonchev–Trinajstić information content (AvgIpc) is 3.14. The van der Waals surface area contributed by atoms with Crippen LogP contribution >= 0.6 is 11.3 Å². The van der Waals surface area contributed by atoms with E-state index in [2.05, 4.69) is 9.71 Å². The molecule has 0 atom stereocenters. The molecule has 0 fully saturated rings. The molecule has 0 aliphatic heterocycles. The highest BCUT2D eigenvalue weighted by Gasteiger charge is 2.15. The van der Waals surface area contributed by atoms with E-state index in [1.54, 1.807) is 73.1 Å². The van der Waals surface area contributed by atoms with Crippen LogP contribution in [0, 0.1) is 0 Å². The highest BCUT2D eigenvalue weighted by atomic mass is 32.2. The van der Waals surface area contributed by atoms with E-state index in [9.17, 15) is 18.0 Å². The SMILES string of the molecule is CCOC(=O)c1ccc2c(c1)sc(=NC(=O)c1cccc(NS(=O)(=O)c3ccccc3)c1)n2C. The first kappa shape index (κ1) is 23.4. The molecule has 0 saturated carbocycles. The van der Waals surface area contributed by atoms with Gasteiger partial charge in [0.2, 0.25) is 0 Å². The number of nitrogens with zero attached hydrogens (tertiary/aromatic N) is 2. The van der Waals surface area contributed by atoms with Gasteiger partial charge in [-0.05, 0) is 55.5 Å². The van der Waals surface area contributed by atoms with E-state index < -0.39 is 21.9 Å². The molecule has 3 aromatic carbocycles. The lowest BCUT2D eigenvalue weighted by Gasteiger charge is -2.08. The molecule has 4 aromatic rings. The third kappa shape index (κ3) is 4.92. The van der Waals surface area contributed by atoms with Crippen LogP contribution in [0.3, 0.4) is 0 Å². The van der Waals surface area contributed by atoms with Crippen molar-refractivity contribution in [2.24, 2.45) is 12.0 Å². The van der Waals surface area contributed by atoms with Crippen LogP contribution < -0.4 is 9.52 Å². The van der Waals surface area contributed by atoms with Gasteiger partial charge < -0.3 is 9.30 Å². The number of nitrogens with one attached hydrogen (secondary N) is 1. The van der Waals surface area contributed by atoms with E-state index in [1.807, 2.05) is 0 Å². The van der Waals surface area contributed by atoms with Crippen LogP contribution in [-0.2, 0) is 21.8 Å². The number of benzene rings is 3. The molecular formula is C24H21N3O5S2. The van der Waals surface area contributed by atoms with Crippen molar-refractivity contribution in [3.8, 4) is 0 Å². The molecule has 8 nitrogen and oxygen atoms in total. The molecule has 10 heteroatoms. The largest absolute Gasteiger partial charge is 0.462 e. The van der Waals surface area contributed by atoms with Crippen molar-refractivity contribution >= 4 is 49.1 Å². The Hall–Kier alpha value is -3.76. The van der Waals surface area contributed by atoms with Gasteiger partial charge in [-0.25, -0.2) is 13.2 Å². The summed E-state index contributed by atoms with van der Waals surface area (Å²) in [6, 6.07) is 19.3. The van der Waals surface area contributed by atoms with Crippen LogP contribution in [-0.4, -0.2) is 31.5 Å². The lowest BCUT2D eigenvalue weighted by Crippen LogP contribution is -2.14. The van der Waals surface area contributed by atoms with Gasteiger partial charge in [0.15, 0.2) is 4.80 Å². The number of rotatable bonds is 6. The maximum atomic E-state index is 12.9. The second-order valence-corrected chi connectivity index (χ2v) is 9.95. The minimum absolute atomic E-state index is 0.121. The van der Waals surface area contributed by atoms with Crippen LogP contribution in [0.15, 0.2) is 82.7 Å². The Balaban J connectivity index is 1.63. The number of hydrogen-bond acceptors (Lipinski definition) is 6. The zero-order chi connectivity index (χ0) is 24.3. The van der Waals surface area contributed by atoms with Gasteiger partial charge in [-0.3, -0.25) is 9.52 Å². The number of amides is 1. The molecule has 0 spiro atoms. The summed E-state index contributed by atoms with van der Waals surface area (Å²) in [6.45, 7) is 2.02. The van der Waals surface area contributed by atoms with Gasteiger partial charge in [0.25, 0.3) is 15.9 Å². The van der Waals surface area contributed by atoms with Gasteiger partial charge >= 0.3 is 5.97 Å². The van der Waals surface area contributed by atoms with Crippen molar-refractivity contribution in [1.29, 1.82) is 0 Å². The van der Waals surface area contributed by atoms with Crippen LogP contribution in [0.5, 0.6) is 0 Å². The molecule has 174 valence electrons. The summed E-state index contributed by atoms with van der Waals surface area (Å²) in [4.78, 5) is 29.7. The van der Waals surface area contributed by atoms with Crippen molar-refractivity contribution in [1.82, 2.24) is 4.57 Å². The predicted octanol–water partition coefficient (Wildman–Crippen LogP) is 3.96. The number of fused-ring (bicyclic) bond motifs is 1. The Morgan fingerprint density at radius 3 is 2.50 bits per heavy atom. The fourth-order valence-electron chi connectivity index (χ4n) is 3.26. The second kappa shape index (κ2) is 9.62. The number of sulfonamides is 1. The van der Waals surface area contributed by atoms with E-state index in [0.717, 1.165) is 10.2 Å². The zero-order valence-corrected chi connectivity index (χ0v) is 20.0. The monoisotopic (exact) mass is 495 g/mol. The maximum Gasteiger partial charge on any atom is 0.338 e. The van der Waals surface area contributed by atoms with Gasteiger partial charge in [0.1, 0.15) is 0 Å². The standard InChI is InChI=1S/C24H21N3O5S2/c1-3-32-23(29)17-12-13-20-21(15-17)33-24(27(20)2)25-22(28)16-8-7-9-18(14-16)26-34(30,31)19-10-5-4-6-11-19/h4-15,26H,3H2,1-2H3. The number of aromatic nitrogens is 1. The summed E-state index contributed by atoms with van der Waals surface area (Å²) >= 11 is 1.26. The molecule has 0 saturated heterocycles. The molecule has 0 aliphatic carbocycles. The number of hydrogen-bond donors (Lipinski definition) is 1. The minimum atomic E-state index is -3.79. The summed E-state index contributed by atoms with van der Waals surface area (Å²) in [5.41, 5.74) is 1.73. The lowest BCUT2D eigenvalue weighted by atomic mass is 10.2. The zero-order valence-electron chi connectivity index (χ0n) is 18.4. The van der Waals surface area contributed by atoms with Gasteiger partial charge in [0.05, 0.1) is 27.3 Å². The maximum absolute atomic E-state index is 12.9. The van der Waals surface area contributed by atoms with Crippen molar-refractivity contribution < 1.29 is 22.7 Å². The van der Waals surface area contributed by atoms with Gasteiger partial charge in [-0.15, -0.1) is 0 Å². The summed E-state index contributed by atoms with van der Waals surface area (Å²) in [7, 11) is -2.01. The predicted molar refractivity (Wildman–Crippen MR) is 130 cm³/mol. The van der Waals surface area contributed by atoms with Gasteiger partial charge in [0, 0.05) is 18.3 Å². The molecule has 4 rings (SSSR count). The first-order valence-electron chi connectivity index (χ1n) is 10.3. The number of ether oxygens (including phenoxy) is 1. The average molecular weight is 496 g/mol. The molecule has 1 N–H and O–H groups in total. The topological polar surface area (TPSA) is 107 Å². The first-order valence-corrected chi connectivity index (χ1v) is 12.6. The number of carbonyl (C=O) groups excluding carboxylic acids is 2. The number of aryl methyl sites for hydroxylation is 1. The van der Waals surface area contributed by atoms with Crippen molar-refractivity contribution in [2.45, 2.75) is 11.8 Å². The summed E-state index contributed by atoms with van der Waals surface area (Å²) in [6.07, 6.45) is 0. The molecular weight excluding hydrogens is 474 g/mol. The van der Waals surface area contributed by atoms with E-state index in [0.29, 0.717) is 10.4 Å². The fourth-order valence-corrected chi connectivity index (χ4v) is 5.39. The fraction of sp³-hybridized carbons (Fsp3) is 0.125. The van der Waals surface area contributed by atoms with E-state index >= 15 is 0 Å². The normalized spacial score (nSPS) is 12.0. The number of anilines is 1. The van der Waals surface area contributed by atoms with Crippen molar-refractivity contribution in [3.05, 3.63) is 88.7 Å². The Labute approximate surface area is 200 Å². The molecule has 1 heterocycles. The molecule has 1 aromatic heterocycles.